The van der Waals surface area contributed by atoms with Crippen molar-refractivity contribution in [3.05, 3.63) is 23.8 Å². The Morgan fingerprint density at radius 2 is 2.24 bits per heavy atom. The van der Waals surface area contributed by atoms with Crippen LogP contribution in [0.1, 0.15) is 18.4 Å². The van der Waals surface area contributed by atoms with E-state index in [1.807, 2.05) is 13.0 Å². The molecule has 5 nitrogen and oxygen atoms in total. The van der Waals surface area contributed by atoms with Gasteiger partial charge < -0.3 is 14.8 Å². The SMILES string of the molecule is CCOCCc1nccc(CNCCOC)n1. The number of rotatable bonds is 9. The summed E-state index contributed by atoms with van der Waals surface area (Å²) in [5.41, 5.74) is 1.00. The molecule has 0 radical (unpaired) electrons. The molecule has 1 aromatic heterocycles. The molecular formula is C12H21N3O2. The van der Waals surface area contributed by atoms with E-state index in [1.165, 1.54) is 0 Å². The van der Waals surface area contributed by atoms with E-state index in [2.05, 4.69) is 15.3 Å². The predicted octanol–water partition coefficient (Wildman–Crippen LogP) is 0.792. The van der Waals surface area contributed by atoms with Gasteiger partial charge in [-0.3, -0.25) is 0 Å². The van der Waals surface area contributed by atoms with Gasteiger partial charge in [-0.15, -0.1) is 0 Å². The molecular weight excluding hydrogens is 218 g/mol. The molecule has 0 aliphatic rings. The zero-order valence-corrected chi connectivity index (χ0v) is 10.6. The molecule has 0 unspecified atom stereocenters. The molecule has 96 valence electrons. The number of ether oxygens (including phenoxy) is 2. The lowest BCUT2D eigenvalue weighted by Crippen LogP contribution is -2.19. The first-order valence-electron chi connectivity index (χ1n) is 5.95. The van der Waals surface area contributed by atoms with Crippen molar-refractivity contribution in [2.24, 2.45) is 0 Å². The third kappa shape index (κ3) is 6.31. The highest BCUT2D eigenvalue weighted by atomic mass is 16.5. The number of nitrogens with one attached hydrogen (secondary N) is 1. The topological polar surface area (TPSA) is 56.3 Å². The third-order valence-corrected chi connectivity index (χ3v) is 2.23. The summed E-state index contributed by atoms with van der Waals surface area (Å²) in [6.07, 6.45) is 2.56. The maximum Gasteiger partial charge on any atom is 0.130 e. The zero-order chi connectivity index (χ0) is 12.3. The second kappa shape index (κ2) is 9.04. The monoisotopic (exact) mass is 239 g/mol. The average Bonchev–Trinajstić information content (AvgIpc) is 2.36. The van der Waals surface area contributed by atoms with Gasteiger partial charge in [-0.2, -0.15) is 0 Å². The van der Waals surface area contributed by atoms with E-state index in [-0.39, 0.29) is 0 Å². The molecule has 0 aliphatic heterocycles. The van der Waals surface area contributed by atoms with Crippen molar-refractivity contribution in [1.82, 2.24) is 15.3 Å². The van der Waals surface area contributed by atoms with Crippen LogP contribution in [0.2, 0.25) is 0 Å². The first-order valence-corrected chi connectivity index (χ1v) is 5.95. The van der Waals surface area contributed by atoms with Gasteiger partial charge in [0.25, 0.3) is 0 Å². The molecule has 0 aromatic carbocycles. The maximum absolute atomic E-state index is 5.28. The van der Waals surface area contributed by atoms with Crippen molar-refractivity contribution in [2.75, 3.05) is 33.5 Å². The van der Waals surface area contributed by atoms with Crippen LogP contribution in [0.5, 0.6) is 0 Å². The summed E-state index contributed by atoms with van der Waals surface area (Å²) in [7, 11) is 1.69. The fraction of sp³-hybridized carbons (Fsp3) is 0.667. The van der Waals surface area contributed by atoms with Gasteiger partial charge in [-0.25, -0.2) is 9.97 Å². The number of methoxy groups -OCH3 is 1. The summed E-state index contributed by atoms with van der Waals surface area (Å²) in [6, 6.07) is 1.92. The van der Waals surface area contributed by atoms with Crippen LogP contribution in [-0.2, 0) is 22.4 Å². The van der Waals surface area contributed by atoms with Crippen molar-refractivity contribution < 1.29 is 9.47 Å². The standard InChI is InChI=1S/C12H21N3O2/c1-3-17-8-5-12-14-6-4-11(15-12)10-13-7-9-16-2/h4,6,13H,3,5,7-10H2,1-2H3. The lowest BCUT2D eigenvalue weighted by molar-refractivity contribution is 0.149. The van der Waals surface area contributed by atoms with Crippen LogP contribution in [0.25, 0.3) is 0 Å². The molecule has 0 amide bonds. The molecule has 0 saturated carbocycles. The van der Waals surface area contributed by atoms with Gasteiger partial charge in [-0.1, -0.05) is 0 Å². The Hall–Kier alpha value is -1.04. The van der Waals surface area contributed by atoms with Gasteiger partial charge in [0.05, 0.1) is 18.9 Å². The Morgan fingerprint density at radius 3 is 3.00 bits per heavy atom. The summed E-state index contributed by atoms with van der Waals surface area (Å²) in [4.78, 5) is 8.66. The highest BCUT2D eigenvalue weighted by Crippen LogP contribution is 1.97. The first kappa shape index (κ1) is 14.0. The van der Waals surface area contributed by atoms with Crippen LogP contribution in [0.3, 0.4) is 0 Å². The molecule has 0 atom stereocenters. The summed E-state index contributed by atoms with van der Waals surface area (Å²) in [5, 5.41) is 3.25. The van der Waals surface area contributed by atoms with E-state index in [4.69, 9.17) is 9.47 Å². The van der Waals surface area contributed by atoms with E-state index in [9.17, 15) is 0 Å². The Bertz CT molecular complexity index is 308. The minimum Gasteiger partial charge on any atom is -0.383 e. The fourth-order valence-corrected chi connectivity index (χ4v) is 1.36. The van der Waals surface area contributed by atoms with E-state index in [1.54, 1.807) is 13.3 Å². The zero-order valence-electron chi connectivity index (χ0n) is 10.6. The largest absolute Gasteiger partial charge is 0.383 e. The number of aromatic nitrogens is 2. The molecule has 5 heteroatoms. The van der Waals surface area contributed by atoms with Crippen LogP contribution < -0.4 is 5.32 Å². The summed E-state index contributed by atoms with van der Waals surface area (Å²) < 4.78 is 10.2. The molecule has 0 fully saturated rings. The highest BCUT2D eigenvalue weighted by molar-refractivity contribution is 5.02. The summed E-state index contributed by atoms with van der Waals surface area (Å²) in [5.74, 6) is 0.837. The van der Waals surface area contributed by atoms with Crippen LogP contribution >= 0.6 is 0 Å². The lowest BCUT2D eigenvalue weighted by Gasteiger charge is -2.05. The Balaban J connectivity index is 2.31. The van der Waals surface area contributed by atoms with Crippen molar-refractivity contribution in [1.29, 1.82) is 0 Å². The molecule has 0 saturated heterocycles. The van der Waals surface area contributed by atoms with Gasteiger partial charge >= 0.3 is 0 Å². The van der Waals surface area contributed by atoms with E-state index in [0.717, 1.165) is 37.6 Å². The second-order valence-electron chi connectivity index (χ2n) is 3.58. The van der Waals surface area contributed by atoms with Crippen LogP contribution in [0.15, 0.2) is 12.3 Å². The lowest BCUT2D eigenvalue weighted by atomic mass is 10.3. The third-order valence-electron chi connectivity index (χ3n) is 2.23. The predicted molar refractivity (Wildman–Crippen MR) is 65.8 cm³/mol. The van der Waals surface area contributed by atoms with E-state index >= 15 is 0 Å². The summed E-state index contributed by atoms with van der Waals surface area (Å²) >= 11 is 0. The van der Waals surface area contributed by atoms with Crippen LogP contribution in [0.4, 0.5) is 0 Å². The molecule has 17 heavy (non-hydrogen) atoms. The van der Waals surface area contributed by atoms with Crippen LogP contribution in [0, 0.1) is 0 Å². The summed E-state index contributed by atoms with van der Waals surface area (Å²) in [6.45, 7) is 5.68. The Kier molecular flexibility index (Phi) is 7.46. The molecule has 1 heterocycles. The number of nitrogens with zero attached hydrogens (tertiary/aromatic N) is 2. The molecule has 1 N–H and O–H groups in total. The van der Waals surface area contributed by atoms with Crippen molar-refractivity contribution in [3.63, 3.8) is 0 Å². The van der Waals surface area contributed by atoms with Gasteiger partial charge in [0.1, 0.15) is 5.82 Å². The fourth-order valence-electron chi connectivity index (χ4n) is 1.36. The Labute approximate surface area is 103 Å². The van der Waals surface area contributed by atoms with Crippen LogP contribution in [-0.4, -0.2) is 43.4 Å². The first-order chi connectivity index (χ1) is 8.36. The molecule has 0 aliphatic carbocycles. The number of hydrogen-bond acceptors (Lipinski definition) is 5. The quantitative estimate of drug-likeness (QED) is 0.646. The van der Waals surface area contributed by atoms with Crippen molar-refractivity contribution in [3.8, 4) is 0 Å². The minimum absolute atomic E-state index is 0.678. The molecule has 0 spiro atoms. The molecule has 0 bridgehead atoms. The van der Waals surface area contributed by atoms with Gasteiger partial charge in [-0.05, 0) is 13.0 Å². The molecule has 1 aromatic rings. The van der Waals surface area contributed by atoms with Crippen molar-refractivity contribution >= 4 is 0 Å². The van der Waals surface area contributed by atoms with Gasteiger partial charge in [0.2, 0.25) is 0 Å². The smallest absolute Gasteiger partial charge is 0.130 e. The minimum atomic E-state index is 0.678. The average molecular weight is 239 g/mol. The molecule has 1 rings (SSSR count). The normalized spacial score (nSPS) is 10.7. The maximum atomic E-state index is 5.28. The van der Waals surface area contributed by atoms with E-state index < -0.39 is 0 Å². The number of hydrogen-bond donors (Lipinski definition) is 1. The Morgan fingerprint density at radius 1 is 1.35 bits per heavy atom. The second-order valence-corrected chi connectivity index (χ2v) is 3.58. The van der Waals surface area contributed by atoms with Crippen molar-refractivity contribution in [2.45, 2.75) is 19.9 Å². The highest BCUT2D eigenvalue weighted by Gasteiger charge is 1.99. The van der Waals surface area contributed by atoms with Gasteiger partial charge in [0.15, 0.2) is 0 Å². The van der Waals surface area contributed by atoms with Gasteiger partial charge in [0, 0.05) is 39.4 Å². The van der Waals surface area contributed by atoms with E-state index in [0.29, 0.717) is 13.2 Å².